The minimum absolute atomic E-state index is 0.328. The molecule has 0 spiro atoms. The highest BCUT2D eigenvalue weighted by atomic mass is 32.1. The second-order valence-corrected chi connectivity index (χ2v) is 6.36. The summed E-state index contributed by atoms with van der Waals surface area (Å²) in [6.07, 6.45) is 5.29. The van der Waals surface area contributed by atoms with Crippen molar-refractivity contribution >= 4 is 21.6 Å². The summed E-state index contributed by atoms with van der Waals surface area (Å²) in [4.78, 5) is 9.03. The monoisotopic (exact) mass is 300 g/mol. The van der Waals surface area contributed by atoms with Crippen LogP contribution in [-0.4, -0.2) is 28.2 Å². The van der Waals surface area contributed by atoms with Gasteiger partial charge in [-0.25, -0.2) is 0 Å². The van der Waals surface area contributed by atoms with Crippen LogP contribution in [0.2, 0.25) is 0 Å². The lowest BCUT2D eigenvalue weighted by Gasteiger charge is -2.14. The lowest BCUT2D eigenvalue weighted by atomic mass is 10.0. The number of thiophene rings is 1. The molecule has 2 atom stereocenters. The Kier molecular flexibility index (Phi) is 3.20. The van der Waals surface area contributed by atoms with Crippen LogP contribution in [0, 0.1) is 0 Å². The largest absolute Gasteiger partial charge is 0.339 e. The molecule has 108 valence electrons. The first-order valence-corrected chi connectivity index (χ1v) is 8.07. The summed E-state index contributed by atoms with van der Waals surface area (Å²) in [5.74, 6) is 1.71. The van der Waals surface area contributed by atoms with Crippen LogP contribution in [0.15, 0.2) is 28.2 Å². The van der Waals surface area contributed by atoms with Crippen LogP contribution < -0.4 is 5.32 Å². The summed E-state index contributed by atoms with van der Waals surface area (Å²) in [5.41, 5.74) is 1.93. The van der Waals surface area contributed by atoms with Gasteiger partial charge < -0.3 is 9.84 Å². The Labute approximate surface area is 126 Å². The average molecular weight is 300 g/mol. The number of nitrogens with one attached hydrogen (secondary N) is 1. The molecule has 21 heavy (non-hydrogen) atoms. The predicted molar refractivity (Wildman–Crippen MR) is 82.4 cm³/mol. The zero-order chi connectivity index (χ0) is 14.2. The third-order valence-electron chi connectivity index (χ3n) is 4.21. The Hall–Kier alpha value is -1.79. The molecule has 3 aromatic heterocycles. The predicted octanol–water partition coefficient (Wildman–Crippen LogP) is 3.20. The molecule has 5 nitrogen and oxygen atoms in total. The number of hydrogen-bond donors (Lipinski definition) is 1. The second kappa shape index (κ2) is 5.20. The second-order valence-electron chi connectivity index (χ2n) is 5.42. The SMILES string of the molecule is CNC1CCCC1c1nc(-c2cnc3ccsc3c2)no1. The Morgan fingerprint density at radius 2 is 2.33 bits per heavy atom. The Bertz CT molecular complexity index is 766. The zero-order valence-electron chi connectivity index (χ0n) is 11.7. The van der Waals surface area contributed by atoms with E-state index in [4.69, 9.17) is 4.52 Å². The van der Waals surface area contributed by atoms with E-state index >= 15 is 0 Å². The van der Waals surface area contributed by atoms with Gasteiger partial charge in [-0.3, -0.25) is 4.98 Å². The maximum absolute atomic E-state index is 5.50. The van der Waals surface area contributed by atoms with Crippen molar-refractivity contribution in [2.75, 3.05) is 7.05 Å². The molecule has 1 aliphatic rings. The third-order valence-corrected chi connectivity index (χ3v) is 5.06. The standard InChI is InChI=1S/C15H16N4OS/c1-16-11-4-2-3-10(11)15-18-14(19-20-15)9-7-13-12(17-8-9)5-6-21-13/h5-8,10-11,16H,2-4H2,1H3. The van der Waals surface area contributed by atoms with Crippen molar-refractivity contribution in [2.45, 2.75) is 31.2 Å². The van der Waals surface area contributed by atoms with Crippen molar-refractivity contribution in [3.05, 3.63) is 29.6 Å². The maximum Gasteiger partial charge on any atom is 0.231 e. The van der Waals surface area contributed by atoms with E-state index in [2.05, 4.69) is 26.5 Å². The topological polar surface area (TPSA) is 63.8 Å². The fraction of sp³-hybridized carbons (Fsp3) is 0.400. The van der Waals surface area contributed by atoms with Crippen molar-refractivity contribution in [3.63, 3.8) is 0 Å². The average Bonchev–Trinajstić information content (AvgIpc) is 3.24. The van der Waals surface area contributed by atoms with Crippen LogP contribution in [0.4, 0.5) is 0 Å². The zero-order valence-corrected chi connectivity index (χ0v) is 12.6. The van der Waals surface area contributed by atoms with E-state index < -0.39 is 0 Å². The quantitative estimate of drug-likeness (QED) is 0.804. The number of rotatable bonds is 3. The molecule has 0 amide bonds. The molecular formula is C15H16N4OS. The van der Waals surface area contributed by atoms with E-state index in [9.17, 15) is 0 Å². The van der Waals surface area contributed by atoms with Gasteiger partial charge in [0.1, 0.15) is 0 Å². The van der Waals surface area contributed by atoms with E-state index in [0.29, 0.717) is 17.8 Å². The maximum atomic E-state index is 5.50. The Morgan fingerprint density at radius 3 is 3.24 bits per heavy atom. The van der Waals surface area contributed by atoms with Gasteiger partial charge in [-0.1, -0.05) is 11.6 Å². The molecule has 4 rings (SSSR count). The number of fused-ring (bicyclic) bond motifs is 1. The smallest absolute Gasteiger partial charge is 0.231 e. The van der Waals surface area contributed by atoms with Gasteiger partial charge in [-0.15, -0.1) is 11.3 Å². The molecule has 1 saturated carbocycles. The van der Waals surface area contributed by atoms with Crippen molar-refractivity contribution in [3.8, 4) is 11.4 Å². The minimum Gasteiger partial charge on any atom is -0.339 e. The van der Waals surface area contributed by atoms with E-state index in [1.807, 2.05) is 24.7 Å². The summed E-state index contributed by atoms with van der Waals surface area (Å²) in [5, 5.41) is 9.53. The van der Waals surface area contributed by atoms with E-state index in [-0.39, 0.29) is 0 Å². The molecule has 3 heterocycles. The normalized spacial score (nSPS) is 22.1. The van der Waals surface area contributed by atoms with Crippen LogP contribution in [0.5, 0.6) is 0 Å². The third kappa shape index (κ3) is 2.24. The van der Waals surface area contributed by atoms with Gasteiger partial charge in [0.05, 0.1) is 16.1 Å². The lowest BCUT2D eigenvalue weighted by molar-refractivity contribution is 0.335. The van der Waals surface area contributed by atoms with Gasteiger partial charge in [-0.05, 0) is 37.4 Å². The molecule has 0 saturated heterocycles. The Balaban J connectivity index is 1.67. The van der Waals surface area contributed by atoms with Crippen molar-refractivity contribution in [1.82, 2.24) is 20.4 Å². The minimum atomic E-state index is 0.328. The highest BCUT2D eigenvalue weighted by Crippen LogP contribution is 2.34. The number of aromatic nitrogens is 3. The highest BCUT2D eigenvalue weighted by Gasteiger charge is 2.31. The fourth-order valence-electron chi connectivity index (χ4n) is 3.07. The number of likely N-dealkylation sites (N-methyl/N-ethyl adjacent to an activating group) is 1. The van der Waals surface area contributed by atoms with E-state index in [1.165, 1.54) is 12.8 Å². The van der Waals surface area contributed by atoms with Crippen LogP contribution in [0.3, 0.4) is 0 Å². The van der Waals surface area contributed by atoms with Gasteiger partial charge in [0.2, 0.25) is 11.7 Å². The molecule has 0 aromatic carbocycles. The molecule has 2 unspecified atom stereocenters. The summed E-state index contributed by atoms with van der Waals surface area (Å²) >= 11 is 1.67. The number of pyridine rings is 1. The Morgan fingerprint density at radius 1 is 1.38 bits per heavy atom. The van der Waals surface area contributed by atoms with E-state index in [1.54, 1.807) is 11.3 Å². The van der Waals surface area contributed by atoms with Gasteiger partial charge in [0.25, 0.3) is 0 Å². The van der Waals surface area contributed by atoms with Gasteiger partial charge in [0, 0.05) is 17.8 Å². The summed E-state index contributed by atoms with van der Waals surface area (Å²) in [6, 6.07) is 4.53. The van der Waals surface area contributed by atoms with Gasteiger partial charge in [0.15, 0.2) is 0 Å². The van der Waals surface area contributed by atoms with Crippen molar-refractivity contribution in [1.29, 1.82) is 0 Å². The number of hydrogen-bond acceptors (Lipinski definition) is 6. The summed E-state index contributed by atoms with van der Waals surface area (Å²) in [6.45, 7) is 0. The molecule has 0 bridgehead atoms. The molecule has 1 aliphatic carbocycles. The van der Waals surface area contributed by atoms with Crippen LogP contribution in [-0.2, 0) is 0 Å². The van der Waals surface area contributed by atoms with Gasteiger partial charge >= 0.3 is 0 Å². The van der Waals surface area contributed by atoms with E-state index in [0.717, 1.165) is 28.1 Å². The lowest BCUT2D eigenvalue weighted by Crippen LogP contribution is -2.27. The first-order valence-electron chi connectivity index (χ1n) is 7.19. The summed E-state index contributed by atoms with van der Waals surface area (Å²) < 4.78 is 6.65. The molecule has 6 heteroatoms. The highest BCUT2D eigenvalue weighted by molar-refractivity contribution is 7.17. The first kappa shape index (κ1) is 12.9. The van der Waals surface area contributed by atoms with Crippen LogP contribution in [0.25, 0.3) is 21.6 Å². The molecule has 3 aromatic rings. The first-order chi connectivity index (χ1) is 10.3. The molecular weight excluding hydrogens is 284 g/mol. The molecule has 1 N–H and O–H groups in total. The fourth-order valence-corrected chi connectivity index (χ4v) is 3.85. The van der Waals surface area contributed by atoms with Gasteiger partial charge in [-0.2, -0.15) is 4.98 Å². The summed E-state index contributed by atoms with van der Waals surface area (Å²) in [7, 11) is 1.99. The molecule has 1 fully saturated rings. The van der Waals surface area contributed by atoms with Crippen molar-refractivity contribution in [2.24, 2.45) is 0 Å². The molecule has 0 radical (unpaired) electrons. The van der Waals surface area contributed by atoms with Crippen molar-refractivity contribution < 1.29 is 4.52 Å². The van der Waals surface area contributed by atoms with Crippen LogP contribution >= 0.6 is 11.3 Å². The van der Waals surface area contributed by atoms with Crippen LogP contribution in [0.1, 0.15) is 31.1 Å². The number of nitrogens with zero attached hydrogens (tertiary/aromatic N) is 3. The molecule has 0 aliphatic heterocycles.